The number of nitrogens with one attached hydrogen (secondary N) is 2. The van der Waals surface area contributed by atoms with Crippen LogP contribution < -0.4 is 16.4 Å². The van der Waals surface area contributed by atoms with E-state index in [1.807, 2.05) is 0 Å². The van der Waals surface area contributed by atoms with Crippen LogP contribution in [0.25, 0.3) is 0 Å². The molecule has 1 aromatic carbocycles. The van der Waals surface area contributed by atoms with Crippen molar-refractivity contribution in [2.24, 2.45) is 17.8 Å². The normalized spacial score (nSPS) is 32.2. The number of hydrogen-bond acceptors (Lipinski definition) is 3. The lowest BCUT2D eigenvalue weighted by atomic mass is 9.53. The summed E-state index contributed by atoms with van der Waals surface area (Å²) in [6, 6.07) is 7.09. The van der Waals surface area contributed by atoms with E-state index < -0.39 is 0 Å². The van der Waals surface area contributed by atoms with Gasteiger partial charge >= 0.3 is 0 Å². The van der Waals surface area contributed by atoms with Crippen molar-refractivity contribution in [2.45, 2.75) is 50.5 Å². The number of benzene rings is 1. The minimum absolute atomic E-state index is 0. The lowest BCUT2D eigenvalue weighted by Gasteiger charge is -2.57. The smallest absolute Gasteiger partial charge is 0.251 e. The van der Waals surface area contributed by atoms with Crippen molar-refractivity contribution in [1.29, 1.82) is 0 Å². The molecule has 5 rings (SSSR count). The molecule has 4 nitrogen and oxygen atoms in total. The SMILES string of the molecule is Cl.Nc1ccc(C(=O)NCCCNC23CC4CC(CC(C4)C2)C3)cc1. The Morgan fingerprint density at radius 1 is 1.00 bits per heavy atom. The van der Waals surface area contributed by atoms with Crippen LogP contribution in [0.2, 0.25) is 0 Å². The monoisotopic (exact) mass is 363 g/mol. The van der Waals surface area contributed by atoms with Crippen LogP contribution in [0.15, 0.2) is 24.3 Å². The fourth-order valence-corrected chi connectivity index (χ4v) is 5.71. The summed E-state index contributed by atoms with van der Waals surface area (Å²) < 4.78 is 0. The Labute approximate surface area is 156 Å². The third-order valence-electron chi connectivity index (χ3n) is 6.35. The zero-order valence-electron chi connectivity index (χ0n) is 14.8. The molecule has 4 aliphatic rings. The molecule has 0 unspecified atom stereocenters. The molecule has 5 heteroatoms. The number of anilines is 1. The Bertz CT molecular complexity index is 566. The summed E-state index contributed by atoms with van der Waals surface area (Å²) in [6.07, 6.45) is 9.60. The second kappa shape index (κ2) is 7.55. The first-order chi connectivity index (χ1) is 11.6. The number of hydrogen-bond donors (Lipinski definition) is 3. The summed E-state index contributed by atoms with van der Waals surface area (Å²) in [5.74, 6) is 2.93. The fourth-order valence-electron chi connectivity index (χ4n) is 5.71. The molecule has 138 valence electrons. The van der Waals surface area contributed by atoms with Crippen LogP contribution in [0.5, 0.6) is 0 Å². The molecule has 4 fully saturated rings. The number of nitrogens with two attached hydrogens (primary N) is 1. The van der Waals surface area contributed by atoms with Gasteiger partial charge in [-0.3, -0.25) is 4.79 Å². The molecule has 4 N–H and O–H groups in total. The van der Waals surface area contributed by atoms with Crippen LogP contribution in [-0.4, -0.2) is 24.5 Å². The highest BCUT2D eigenvalue weighted by Crippen LogP contribution is 2.55. The van der Waals surface area contributed by atoms with E-state index in [0.29, 0.717) is 16.8 Å². The van der Waals surface area contributed by atoms with Crippen LogP contribution in [0.4, 0.5) is 5.69 Å². The first-order valence-corrected chi connectivity index (χ1v) is 9.51. The van der Waals surface area contributed by atoms with E-state index in [-0.39, 0.29) is 18.3 Å². The molecule has 4 saturated carbocycles. The molecule has 0 aromatic heterocycles. The van der Waals surface area contributed by atoms with Gasteiger partial charge in [0.1, 0.15) is 0 Å². The third-order valence-corrected chi connectivity index (χ3v) is 6.35. The van der Waals surface area contributed by atoms with Gasteiger partial charge in [0.05, 0.1) is 0 Å². The summed E-state index contributed by atoms with van der Waals surface area (Å²) in [5.41, 5.74) is 7.44. The highest BCUT2D eigenvalue weighted by Gasteiger charge is 2.50. The molecule has 0 aliphatic heterocycles. The van der Waals surface area contributed by atoms with Crippen LogP contribution in [-0.2, 0) is 0 Å². The van der Waals surface area contributed by atoms with Gasteiger partial charge in [-0.05, 0) is 93.5 Å². The van der Waals surface area contributed by atoms with Crippen molar-refractivity contribution in [1.82, 2.24) is 10.6 Å². The van der Waals surface area contributed by atoms with Gasteiger partial charge in [-0.25, -0.2) is 0 Å². The lowest BCUT2D eigenvalue weighted by molar-refractivity contribution is -0.0195. The van der Waals surface area contributed by atoms with Crippen molar-refractivity contribution in [3.05, 3.63) is 29.8 Å². The number of nitrogen functional groups attached to an aromatic ring is 1. The molecule has 0 heterocycles. The van der Waals surface area contributed by atoms with Gasteiger partial charge in [-0.15, -0.1) is 12.4 Å². The summed E-state index contributed by atoms with van der Waals surface area (Å²) >= 11 is 0. The molecular formula is C20H30ClN3O. The van der Waals surface area contributed by atoms with Crippen LogP contribution in [0.1, 0.15) is 55.3 Å². The van der Waals surface area contributed by atoms with E-state index >= 15 is 0 Å². The Morgan fingerprint density at radius 2 is 1.56 bits per heavy atom. The molecule has 4 aliphatic carbocycles. The van der Waals surface area contributed by atoms with Gasteiger partial charge < -0.3 is 16.4 Å². The Balaban J connectivity index is 0.00000182. The predicted octanol–water partition coefficient (Wildman–Crippen LogP) is 3.37. The summed E-state index contributed by atoms with van der Waals surface area (Å²) in [4.78, 5) is 12.1. The average molecular weight is 364 g/mol. The lowest BCUT2D eigenvalue weighted by Crippen LogP contribution is -2.58. The Kier molecular flexibility index (Phi) is 5.59. The predicted molar refractivity (Wildman–Crippen MR) is 104 cm³/mol. The summed E-state index contributed by atoms with van der Waals surface area (Å²) in [5, 5.41) is 6.89. The molecule has 0 radical (unpaired) electrons. The van der Waals surface area contributed by atoms with E-state index in [4.69, 9.17) is 5.73 Å². The maximum absolute atomic E-state index is 12.1. The highest BCUT2D eigenvalue weighted by molar-refractivity contribution is 5.94. The Morgan fingerprint density at radius 3 is 2.12 bits per heavy atom. The summed E-state index contributed by atoms with van der Waals surface area (Å²) in [7, 11) is 0. The minimum Gasteiger partial charge on any atom is -0.399 e. The molecular weight excluding hydrogens is 334 g/mol. The average Bonchev–Trinajstić information content (AvgIpc) is 2.53. The largest absolute Gasteiger partial charge is 0.399 e. The number of rotatable bonds is 6. The van der Waals surface area contributed by atoms with Crippen molar-refractivity contribution in [2.75, 3.05) is 18.8 Å². The molecule has 0 atom stereocenters. The minimum atomic E-state index is -0.00944. The summed E-state index contributed by atoms with van der Waals surface area (Å²) in [6.45, 7) is 1.73. The Hall–Kier alpha value is -1.26. The quantitative estimate of drug-likeness (QED) is 0.536. The molecule has 1 aromatic rings. The van der Waals surface area contributed by atoms with Crippen LogP contribution >= 0.6 is 12.4 Å². The van der Waals surface area contributed by atoms with Gasteiger partial charge in [-0.1, -0.05) is 0 Å². The zero-order chi connectivity index (χ0) is 16.6. The fraction of sp³-hybridized carbons (Fsp3) is 0.650. The van der Waals surface area contributed by atoms with Gasteiger partial charge in [0.15, 0.2) is 0 Å². The van der Waals surface area contributed by atoms with Crippen molar-refractivity contribution >= 4 is 24.0 Å². The van der Waals surface area contributed by atoms with Crippen molar-refractivity contribution < 1.29 is 4.79 Å². The molecule has 1 amide bonds. The number of amides is 1. The van der Waals surface area contributed by atoms with Gasteiger partial charge in [0.2, 0.25) is 0 Å². The van der Waals surface area contributed by atoms with Crippen LogP contribution in [0, 0.1) is 17.8 Å². The van der Waals surface area contributed by atoms with E-state index in [0.717, 1.165) is 37.3 Å². The number of carbonyl (C=O) groups excluding carboxylic acids is 1. The highest BCUT2D eigenvalue weighted by atomic mass is 35.5. The third kappa shape index (κ3) is 4.12. The molecule has 25 heavy (non-hydrogen) atoms. The van der Waals surface area contributed by atoms with E-state index in [9.17, 15) is 4.79 Å². The molecule has 0 saturated heterocycles. The van der Waals surface area contributed by atoms with Crippen molar-refractivity contribution in [3.8, 4) is 0 Å². The maximum atomic E-state index is 12.1. The van der Waals surface area contributed by atoms with E-state index in [2.05, 4.69) is 10.6 Å². The first-order valence-electron chi connectivity index (χ1n) is 9.51. The molecule has 4 bridgehead atoms. The van der Waals surface area contributed by atoms with E-state index in [1.165, 1.54) is 38.5 Å². The van der Waals surface area contributed by atoms with Gasteiger partial charge in [0.25, 0.3) is 5.91 Å². The molecule has 0 spiro atoms. The maximum Gasteiger partial charge on any atom is 0.251 e. The second-order valence-electron chi connectivity index (χ2n) is 8.36. The van der Waals surface area contributed by atoms with Gasteiger partial charge in [0, 0.05) is 23.3 Å². The topological polar surface area (TPSA) is 67.2 Å². The van der Waals surface area contributed by atoms with E-state index in [1.54, 1.807) is 24.3 Å². The number of carbonyl (C=O) groups is 1. The number of halogens is 1. The van der Waals surface area contributed by atoms with Gasteiger partial charge in [-0.2, -0.15) is 0 Å². The zero-order valence-corrected chi connectivity index (χ0v) is 15.6. The first kappa shape index (κ1) is 18.5. The second-order valence-corrected chi connectivity index (χ2v) is 8.36. The van der Waals surface area contributed by atoms with Crippen molar-refractivity contribution in [3.63, 3.8) is 0 Å². The standard InChI is InChI=1S/C20H29N3O.ClH/c21-18-4-2-17(3-5-18)19(24)22-6-1-7-23-20-11-14-8-15(12-20)10-16(9-14)13-20;/h2-5,14-16,23H,1,6-13,21H2,(H,22,24);1H. The van der Waals surface area contributed by atoms with Crippen LogP contribution in [0.3, 0.4) is 0 Å².